The molecule has 1 aliphatic heterocycles. The molecule has 1 amide bonds. The average molecular weight is 416 g/mol. The van der Waals surface area contributed by atoms with Crippen molar-refractivity contribution in [3.05, 3.63) is 29.8 Å². The van der Waals surface area contributed by atoms with Crippen LogP contribution in [0.2, 0.25) is 0 Å². The number of benzene rings is 1. The molecule has 1 heterocycles. The Balaban J connectivity index is 0.00000338. The minimum absolute atomic E-state index is 0. The second-order valence-corrected chi connectivity index (χ2v) is 7.55. The zero-order valence-corrected chi connectivity index (χ0v) is 15.4. The van der Waals surface area contributed by atoms with Gasteiger partial charge in [-0.3, -0.25) is 4.79 Å². The smallest absolute Gasteiger partial charge is 0.352 e. The van der Waals surface area contributed by atoms with Crippen LogP contribution in [0.3, 0.4) is 0 Å². The molecule has 1 unspecified atom stereocenters. The first-order valence-electron chi connectivity index (χ1n) is 7.85. The highest BCUT2D eigenvalue weighted by molar-refractivity contribution is 7.89. The van der Waals surface area contributed by atoms with Gasteiger partial charge in [0.05, 0.1) is 10.5 Å². The second kappa shape index (κ2) is 9.54. The fourth-order valence-electron chi connectivity index (χ4n) is 2.46. The topological polar surface area (TPSA) is 87.3 Å². The Bertz CT molecular complexity index is 708. The van der Waals surface area contributed by atoms with E-state index in [2.05, 4.69) is 15.4 Å². The molecule has 1 aromatic rings. The summed E-state index contributed by atoms with van der Waals surface area (Å²) in [6.07, 6.45) is -3.36. The number of hydrogen-bond acceptors (Lipinski definition) is 4. The summed E-state index contributed by atoms with van der Waals surface area (Å²) in [7, 11) is -4.06. The van der Waals surface area contributed by atoms with Crippen LogP contribution in [0.15, 0.2) is 29.2 Å². The quantitative estimate of drug-likeness (QED) is 0.591. The molecule has 26 heavy (non-hydrogen) atoms. The number of hydrogen-bond donors (Lipinski definition) is 3. The Kier molecular flexibility index (Phi) is 8.32. The number of alkyl halides is 3. The van der Waals surface area contributed by atoms with E-state index in [1.807, 2.05) is 0 Å². The Morgan fingerprint density at radius 2 is 2.04 bits per heavy atom. The summed E-state index contributed by atoms with van der Waals surface area (Å²) in [5.74, 6) is -0.174. The third kappa shape index (κ3) is 6.75. The van der Waals surface area contributed by atoms with Gasteiger partial charge >= 0.3 is 6.18 Å². The van der Waals surface area contributed by atoms with Crippen molar-refractivity contribution in [1.82, 2.24) is 15.4 Å². The Morgan fingerprint density at radius 1 is 1.31 bits per heavy atom. The monoisotopic (exact) mass is 415 g/mol. The maximum absolute atomic E-state index is 12.7. The van der Waals surface area contributed by atoms with Crippen molar-refractivity contribution in [3.63, 3.8) is 0 Å². The van der Waals surface area contributed by atoms with Crippen LogP contribution in [0.1, 0.15) is 24.8 Å². The SMILES string of the molecule is Cl.O=C(CCCNS(=O)(=O)c1cccc(C(F)(F)F)c1)NC1CCNC1. The Hall–Kier alpha value is -1.36. The molecule has 0 aromatic heterocycles. The summed E-state index contributed by atoms with van der Waals surface area (Å²) >= 11 is 0. The highest BCUT2D eigenvalue weighted by atomic mass is 35.5. The molecule has 2 rings (SSSR count). The molecule has 1 fully saturated rings. The van der Waals surface area contributed by atoms with Crippen molar-refractivity contribution in [2.24, 2.45) is 0 Å². The van der Waals surface area contributed by atoms with Gasteiger partial charge in [0.2, 0.25) is 15.9 Å². The highest BCUT2D eigenvalue weighted by Crippen LogP contribution is 2.30. The zero-order chi connectivity index (χ0) is 18.5. The predicted octanol–water partition coefficient (Wildman–Crippen LogP) is 1.66. The minimum atomic E-state index is -4.61. The van der Waals surface area contributed by atoms with Gasteiger partial charge in [0.25, 0.3) is 0 Å². The molecular formula is C15H21ClF3N3O3S. The van der Waals surface area contributed by atoms with Crippen LogP contribution in [0.4, 0.5) is 13.2 Å². The first-order chi connectivity index (χ1) is 11.7. The third-order valence-electron chi connectivity index (χ3n) is 3.77. The van der Waals surface area contributed by atoms with E-state index in [1.165, 1.54) is 0 Å². The molecule has 1 saturated heterocycles. The molecular weight excluding hydrogens is 395 g/mol. The summed E-state index contributed by atoms with van der Waals surface area (Å²) in [5, 5.41) is 5.94. The molecule has 6 nitrogen and oxygen atoms in total. The number of carbonyl (C=O) groups excluding carboxylic acids is 1. The van der Waals surface area contributed by atoms with Gasteiger partial charge in [0.15, 0.2) is 0 Å². The summed E-state index contributed by atoms with van der Waals surface area (Å²) in [6.45, 7) is 1.53. The summed E-state index contributed by atoms with van der Waals surface area (Å²) in [6, 6.07) is 3.62. The molecule has 11 heteroatoms. The van der Waals surface area contributed by atoms with Gasteiger partial charge < -0.3 is 10.6 Å². The maximum atomic E-state index is 12.7. The largest absolute Gasteiger partial charge is 0.416 e. The summed E-state index contributed by atoms with van der Waals surface area (Å²) in [5.41, 5.74) is -1.03. The fraction of sp³-hybridized carbons (Fsp3) is 0.533. The standard InChI is InChI=1S/C15H20F3N3O3S.ClH/c16-15(17,18)11-3-1-4-13(9-11)25(23,24)20-7-2-5-14(22)21-12-6-8-19-10-12;/h1,3-4,9,12,19-20H,2,5-8,10H2,(H,21,22);1H. The maximum Gasteiger partial charge on any atom is 0.416 e. The minimum Gasteiger partial charge on any atom is -0.352 e. The molecule has 1 aromatic carbocycles. The van der Waals surface area contributed by atoms with Gasteiger partial charge in [-0.1, -0.05) is 6.07 Å². The van der Waals surface area contributed by atoms with Gasteiger partial charge in [-0.05, 0) is 37.6 Å². The molecule has 148 valence electrons. The number of nitrogens with one attached hydrogen (secondary N) is 3. The second-order valence-electron chi connectivity index (χ2n) is 5.78. The van der Waals surface area contributed by atoms with Crippen LogP contribution in [-0.2, 0) is 21.0 Å². The normalized spacial score (nSPS) is 17.6. The van der Waals surface area contributed by atoms with Crippen molar-refractivity contribution in [2.45, 2.75) is 36.4 Å². The van der Waals surface area contributed by atoms with Crippen molar-refractivity contribution >= 4 is 28.3 Å². The van der Waals surface area contributed by atoms with Crippen molar-refractivity contribution in [3.8, 4) is 0 Å². The van der Waals surface area contributed by atoms with Crippen LogP contribution in [-0.4, -0.2) is 40.0 Å². The Labute approximate surface area is 156 Å². The molecule has 0 aliphatic carbocycles. The van der Waals surface area contributed by atoms with E-state index in [1.54, 1.807) is 0 Å². The fourth-order valence-corrected chi connectivity index (χ4v) is 3.58. The lowest BCUT2D eigenvalue weighted by molar-refractivity contribution is -0.137. The molecule has 1 atom stereocenters. The molecule has 0 saturated carbocycles. The molecule has 0 radical (unpaired) electrons. The molecule has 0 spiro atoms. The first-order valence-corrected chi connectivity index (χ1v) is 9.34. The number of carbonyl (C=O) groups is 1. The number of amides is 1. The third-order valence-corrected chi connectivity index (χ3v) is 5.23. The van der Waals surface area contributed by atoms with E-state index in [0.29, 0.717) is 12.6 Å². The lowest BCUT2D eigenvalue weighted by Gasteiger charge is -2.12. The van der Waals surface area contributed by atoms with Gasteiger partial charge in [0.1, 0.15) is 0 Å². The van der Waals surface area contributed by atoms with Gasteiger partial charge in [-0.2, -0.15) is 13.2 Å². The number of halogens is 4. The summed E-state index contributed by atoms with van der Waals surface area (Å²) in [4.78, 5) is 11.3. The van der Waals surface area contributed by atoms with E-state index in [-0.39, 0.29) is 43.7 Å². The zero-order valence-electron chi connectivity index (χ0n) is 13.8. The van der Waals surface area contributed by atoms with E-state index in [4.69, 9.17) is 0 Å². The van der Waals surface area contributed by atoms with Crippen LogP contribution >= 0.6 is 12.4 Å². The van der Waals surface area contributed by atoms with Crippen LogP contribution in [0.25, 0.3) is 0 Å². The lowest BCUT2D eigenvalue weighted by atomic mass is 10.2. The van der Waals surface area contributed by atoms with Crippen molar-refractivity contribution < 1.29 is 26.4 Å². The molecule has 0 bridgehead atoms. The van der Waals surface area contributed by atoms with E-state index in [0.717, 1.165) is 31.2 Å². The van der Waals surface area contributed by atoms with Gasteiger partial charge in [-0.25, -0.2) is 13.1 Å². The average Bonchev–Trinajstić information content (AvgIpc) is 3.04. The van der Waals surface area contributed by atoms with Crippen molar-refractivity contribution in [2.75, 3.05) is 19.6 Å². The molecule has 3 N–H and O–H groups in total. The van der Waals surface area contributed by atoms with Crippen LogP contribution < -0.4 is 15.4 Å². The summed E-state index contributed by atoms with van der Waals surface area (Å²) < 4.78 is 64.3. The predicted molar refractivity (Wildman–Crippen MR) is 92.5 cm³/mol. The van der Waals surface area contributed by atoms with E-state index in [9.17, 15) is 26.4 Å². The number of rotatable bonds is 7. The first kappa shape index (κ1) is 22.7. The highest BCUT2D eigenvalue weighted by Gasteiger charge is 2.31. The lowest BCUT2D eigenvalue weighted by Crippen LogP contribution is -2.36. The van der Waals surface area contributed by atoms with Crippen molar-refractivity contribution in [1.29, 1.82) is 0 Å². The van der Waals surface area contributed by atoms with E-state index >= 15 is 0 Å². The van der Waals surface area contributed by atoms with Crippen LogP contribution in [0, 0.1) is 0 Å². The molecule has 1 aliphatic rings. The Morgan fingerprint density at radius 3 is 2.65 bits per heavy atom. The van der Waals surface area contributed by atoms with Crippen LogP contribution in [0.5, 0.6) is 0 Å². The van der Waals surface area contributed by atoms with E-state index < -0.39 is 26.7 Å². The van der Waals surface area contributed by atoms with Gasteiger partial charge in [0, 0.05) is 25.6 Å². The van der Waals surface area contributed by atoms with Gasteiger partial charge in [-0.15, -0.1) is 12.4 Å². The number of sulfonamides is 1.